The van der Waals surface area contributed by atoms with E-state index in [1.165, 1.54) is 0 Å². The first kappa shape index (κ1) is 23.0. The summed E-state index contributed by atoms with van der Waals surface area (Å²) in [5, 5.41) is -0.520. The van der Waals surface area contributed by atoms with Crippen LogP contribution in [0.5, 0.6) is 0 Å². The van der Waals surface area contributed by atoms with Crippen LogP contribution in [-0.4, -0.2) is 57.7 Å². The second-order valence-corrected chi connectivity index (χ2v) is 18.0. The van der Waals surface area contributed by atoms with Crippen molar-refractivity contribution in [1.82, 2.24) is 4.90 Å². The number of sulfone groups is 1. The van der Waals surface area contributed by atoms with Gasteiger partial charge in [-0.15, -0.1) is 0 Å². The van der Waals surface area contributed by atoms with Gasteiger partial charge in [-0.2, -0.15) is 0 Å². The van der Waals surface area contributed by atoms with Gasteiger partial charge in [0.15, 0.2) is 9.84 Å². The van der Waals surface area contributed by atoms with Crippen LogP contribution in [0, 0.1) is 5.92 Å². The van der Waals surface area contributed by atoms with Crippen molar-refractivity contribution < 1.29 is 17.9 Å². The third kappa shape index (κ3) is 6.95. The van der Waals surface area contributed by atoms with Crippen molar-refractivity contribution in [3.63, 3.8) is 0 Å². The second kappa shape index (κ2) is 9.26. The van der Waals surface area contributed by atoms with Crippen molar-refractivity contribution in [3.8, 4) is 0 Å². The molecule has 1 aromatic rings. The van der Waals surface area contributed by atoms with Crippen LogP contribution in [0.25, 0.3) is 0 Å². The van der Waals surface area contributed by atoms with Crippen LogP contribution >= 0.6 is 0 Å². The Balaban J connectivity index is 0.000000765. The molecule has 0 N–H and O–H groups in total. The summed E-state index contributed by atoms with van der Waals surface area (Å²) >= 11 is -0.479. The minimum absolute atomic E-state index is 0.0577. The number of nitrogens with zero attached hydrogens (tertiary/aromatic N) is 1. The Labute approximate surface area is 163 Å². The van der Waals surface area contributed by atoms with E-state index in [0.717, 1.165) is 0 Å². The summed E-state index contributed by atoms with van der Waals surface area (Å²) in [6.45, 7) is 7.98. The summed E-state index contributed by atoms with van der Waals surface area (Å²) in [4.78, 5) is 13.8. The van der Waals surface area contributed by atoms with Gasteiger partial charge in [-0.3, -0.25) is 0 Å². The molecule has 1 atom stereocenters. The molecule has 148 valence electrons. The summed E-state index contributed by atoms with van der Waals surface area (Å²) in [7, 11) is -3.36. The van der Waals surface area contributed by atoms with Crippen LogP contribution in [0.2, 0.25) is 17.3 Å². The topological polar surface area (TPSA) is 63.7 Å². The molecule has 0 aromatic heterocycles. The molecule has 1 unspecified atom stereocenters. The maximum absolute atomic E-state index is 12.5. The van der Waals surface area contributed by atoms with E-state index < -0.39 is 35.0 Å². The maximum atomic E-state index is 12.5. The van der Waals surface area contributed by atoms with Gasteiger partial charge in [0.1, 0.15) is 5.60 Å². The summed E-state index contributed by atoms with van der Waals surface area (Å²) in [5.74, 6) is 7.00. The molecule has 0 spiro atoms. The number of rotatable bonds is 3. The zero-order valence-electron chi connectivity index (χ0n) is 17.0. The first-order chi connectivity index (χ1) is 11.8. The molecule has 1 aliphatic rings. The van der Waals surface area contributed by atoms with Gasteiger partial charge in [-0.25, -0.2) is 13.2 Å². The van der Waals surface area contributed by atoms with Crippen LogP contribution in [0.4, 0.5) is 4.79 Å². The van der Waals surface area contributed by atoms with Gasteiger partial charge < -0.3 is 9.64 Å². The molecule has 1 aliphatic heterocycles. The second-order valence-electron chi connectivity index (χ2n) is 8.44. The zero-order valence-corrected chi connectivity index (χ0v) is 20.3. The number of ether oxygens (including phenoxy) is 1. The molecular weight excluding hydrogens is 411 g/mol. The molecule has 0 aliphatic carbocycles. The van der Waals surface area contributed by atoms with Crippen molar-refractivity contribution in [2.24, 2.45) is 5.92 Å². The summed E-state index contributed by atoms with van der Waals surface area (Å²) in [6, 6.07) is 8.43. The average Bonchev–Trinajstić information content (AvgIpc) is 2.44. The molecule has 5 nitrogen and oxygen atoms in total. The SMILES string of the molecule is CC(C1CN(C(=O)OC(C)(C)C)C1)S(=O)(=O)c1ccccc1.[CH3][GeH]([CH3])[CH3]. The van der Waals surface area contributed by atoms with Crippen LogP contribution < -0.4 is 0 Å². The molecule has 2 rings (SSSR count). The van der Waals surface area contributed by atoms with E-state index in [4.69, 9.17) is 4.74 Å². The predicted molar refractivity (Wildman–Crippen MR) is 109 cm³/mol. The zero-order chi connectivity index (χ0) is 20.1. The van der Waals surface area contributed by atoms with Crippen LogP contribution in [0.1, 0.15) is 27.7 Å². The molecule has 0 bridgehead atoms. The van der Waals surface area contributed by atoms with E-state index in [1.54, 1.807) is 42.2 Å². The van der Waals surface area contributed by atoms with Crippen LogP contribution in [0.3, 0.4) is 0 Å². The Kier molecular flexibility index (Phi) is 8.20. The van der Waals surface area contributed by atoms with Crippen LogP contribution in [0.15, 0.2) is 35.2 Å². The summed E-state index contributed by atoms with van der Waals surface area (Å²) in [6.07, 6.45) is -0.381. The number of benzene rings is 1. The molecular formula is C19H33GeNO4S. The quantitative estimate of drug-likeness (QED) is 0.666. The standard InChI is InChI=1S/C16H23NO4S.C3H10Ge/c1-12(22(19,20)14-8-6-5-7-9-14)13-10-17(11-13)15(18)21-16(2,3)4;1-4(2)3/h5-9,12-13H,10-11H2,1-4H3;4H,1-3H3. The van der Waals surface area contributed by atoms with Crippen molar-refractivity contribution in [1.29, 1.82) is 0 Å². The fraction of sp³-hybridized carbons (Fsp3) is 0.632. The first-order valence-corrected chi connectivity index (χ1v) is 17.9. The molecule has 1 heterocycles. The Bertz CT molecular complexity index is 674. The van der Waals surface area contributed by atoms with Gasteiger partial charge in [0, 0.05) is 19.0 Å². The average molecular weight is 444 g/mol. The van der Waals surface area contributed by atoms with E-state index in [1.807, 2.05) is 20.8 Å². The van der Waals surface area contributed by atoms with Gasteiger partial charge >= 0.3 is 37.7 Å². The number of hydrogen-bond acceptors (Lipinski definition) is 4. The van der Waals surface area contributed by atoms with E-state index in [2.05, 4.69) is 17.3 Å². The Morgan fingerprint density at radius 3 is 2.04 bits per heavy atom. The van der Waals surface area contributed by atoms with Crippen molar-refractivity contribution >= 4 is 30.3 Å². The molecule has 1 amide bonds. The van der Waals surface area contributed by atoms with E-state index in [0.29, 0.717) is 18.0 Å². The number of likely N-dealkylation sites (tertiary alicyclic amines) is 1. The number of carbonyl (C=O) groups is 1. The third-order valence-electron chi connectivity index (χ3n) is 3.79. The minimum atomic E-state index is -3.36. The third-order valence-corrected chi connectivity index (χ3v) is 6.08. The molecule has 1 aromatic carbocycles. The number of hydrogen-bond donors (Lipinski definition) is 0. The number of carbonyl (C=O) groups excluding carboxylic acids is 1. The van der Waals surface area contributed by atoms with E-state index in [9.17, 15) is 13.2 Å². The fourth-order valence-electron chi connectivity index (χ4n) is 2.36. The van der Waals surface area contributed by atoms with Gasteiger partial charge in [-0.1, -0.05) is 18.2 Å². The normalized spacial score (nSPS) is 16.4. The molecule has 7 heteroatoms. The van der Waals surface area contributed by atoms with Crippen molar-refractivity contribution in [2.45, 2.75) is 60.7 Å². The van der Waals surface area contributed by atoms with Crippen molar-refractivity contribution in [2.75, 3.05) is 13.1 Å². The van der Waals surface area contributed by atoms with Gasteiger partial charge in [0.05, 0.1) is 10.1 Å². The Hall–Kier alpha value is -1.02. The van der Waals surface area contributed by atoms with Gasteiger partial charge in [0.25, 0.3) is 0 Å². The summed E-state index contributed by atoms with van der Waals surface area (Å²) in [5.41, 5.74) is -0.538. The molecule has 0 saturated carbocycles. The number of amides is 1. The van der Waals surface area contributed by atoms with E-state index in [-0.39, 0.29) is 12.0 Å². The first-order valence-electron chi connectivity index (χ1n) is 9.11. The molecule has 26 heavy (non-hydrogen) atoms. The van der Waals surface area contributed by atoms with Crippen molar-refractivity contribution in [3.05, 3.63) is 30.3 Å². The summed E-state index contributed by atoms with van der Waals surface area (Å²) < 4.78 is 30.4. The van der Waals surface area contributed by atoms with Gasteiger partial charge in [-0.05, 0) is 39.8 Å². The predicted octanol–water partition coefficient (Wildman–Crippen LogP) is 3.82. The molecule has 1 saturated heterocycles. The van der Waals surface area contributed by atoms with Gasteiger partial charge in [0.2, 0.25) is 0 Å². The monoisotopic (exact) mass is 445 g/mol. The Morgan fingerprint density at radius 2 is 1.62 bits per heavy atom. The van der Waals surface area contributed by atoms with E-state index >= 15 is 0 Å². The Morgan fingerprint density at radius 1 is 1.15 bits per heavy atom. The van der Waals surface area contributed by atoms with Crippen LogP contribution in [-0.2, 0) is 14.6 Å². The molecule has 1 fully saturated rings. The fourth-order valence-corrected chi connectivity index (χ4v) is 4.01. The molecule has 0 radical (unpaired) electrons.